The molecule has 5 heteroatoms. The summed E-state index contributed by atoms with van der Waals surface area (Å²) in [5.41, 5.74) is 0. The number of allylic oxidation sites excluding steroid dienone is 10. The highest BCUT2D eigenvalue weighted by Gasteiger charge is 2.16. The van der Waals surface area contributed by atoms with Crippen molar-refractivity contribution in [3.8, 4) is 0 Å². The molecule has 0 saturated carbocycles. The molecule has 0 spiro atoms. The predicted octanol–water partition coefficient (Wildman–Crippen LogP) is 13.2. The minimum absolute atomic E-state index is 0.0810. The summed E-state index contributed by atoms with van der Waals surface area (Å²) in [6, 6.07) is 0. The van der Waals surface area contributed by atoms with Gasteiger partial charge in [-0.3, -0.25) is 9.59 Å². The molecule has 0 unspecified atom stereocenters. The third kappa shape index (κ3) is 38.4. The van der Waals surface area contributed by atoms with Crippen LogP contribution in [0.4, 0.5) is 0 Å². The lowest BCUT2D eigenvalue weighted by molar-refractivity contribution is -0.161. The number of unbranched alkanes of at least 4 members (excludes halogenated alkanes) is 19. The first-order valence-corrected chi connectivity index (χ1v) is 20.8. The van der Waals surface area contributed by atoms with Crippen LogP contribution in [0.15, 0.2) is 60.8 Å². The predicted molar refractivity (Wildman–Crippen MR) is 214 cm³/mol. The Morgan fingerprint density at radius 3 is 1.20 bits per heavy atom. The number of carbonyl (C=O) groups is 2. The van der Waals surface area contributed by atoms with E-state index in [9.17, 15) is 14.7 Å². The van der Waals surface area contributed by atoms with Gasteiger partial charge in [0.1, 0.15) is 6.61 Å². The smallest absolute Gasteiger partial charge is 0.306 e. The number of hydrogen-bond donors (Lipinski definition) is 1. The molecular weight excluding hydrogens is 620 g/mol. The first-order valence-electron chi connectivity index (χ1n) is 20.8. The number of rotatable bonds is 37. The fraction of sp³-hybridized carbons (Fsp3) is 0.733. The zero-order chi connectivity index (χ0) is 36.4. The van der Waals surface area contributed by atoms with Gasteiger partial charge in [0.05, 0.1) is 6.61 Å². The van der Waals surface area contributed by atoms with Gasteiger partial charge in [0.25, 0.3) is 0 Å². The van der Waals surface area contributed by atoms with Crippen LogP contribution >= 0.6 is 0 Å². The molecule has 0 aromatic carbocycles. The van der Waals surface area contributed by atoms with Crippen LogP contribution in [0.5, 0.6) is 0 Å². The molecule has 50 heavy (non-hydrogen) atoms. The minimum Gasteiger partial charge on any atom is -0.462 e. The van der Waals surface area contributed by atoms with Crippen LogP contribution in [-0.4, -0.2) is 36.4 Å². The highest BCUT2D eigenvalue weighted by molar-refractivity contribution is 5.70. The van der Waals surface area contributed by atoms with Gasteiger partial charge in [0.15, 0.2) is 6.10 Å². The van der Waals surface area contributed by atoms with Crippen molar-refractivity contribution in [2.75, 3.05) is 13.2 Å². The zero-order valence-corrected chi connectivity index (χ0v) is 32.6. The average Bonchev–Trinajstić information content (AvgIpc) is 3.12. The maximum absolute atomic E-state index is 12.2. The molecule has 0 radical (unpaired) electrons. The van der Waals surface area contributed by atoms with Crippen LogP contribution in [-0.2, 0) is 19.1 Å². The third-order valence-electron chi connectivity index (χ3n) is 8.78. The molecule has 0 fully saturated rings. The van der Waals surface area contributed by atoms with Crippen molar-refractivity contribution in [1.29, 1.82) is 0 Å². The fourth-order valence-corrected chi connectivity index (χ4v) is 5.59. The largest absolute Gasteiger partial charge is 0.462 e. The first-order chi connectivity index (χ1) is 24.6. The van der Waals surface area contributed by atoms with E-state index in [1.807, 2.05) is 0 Å². The van der Waals surface area contributed by atoms with Crippen molar-refractivity contribution in [1.82, 2.24) is 0 Å². The van der Waals surface area contributed by atoms with Gasteiger partial charge in [-0.2, -0.15) is 0 Å². The Labute approximate surface area is 309 Å². The topological polar surface area (TPSA) is 72.8 Å². The molecule has 0 aliphatic heterocycles. The molecule has 1 atom stereocenters. The molecule has 1 N–H and O–H groups in total. The SMILES string of the molecule is CCCCC/C=C/C/C=C/C/C=C/CCCCCCC(=O)OC[C@H](CO)OC(=O)CCCCCCCCCCC/C=C/C/C=C/CCCCC. The first kappa shape index (κ1) is 47.6. The Hall–Kier alpha value is -2.40. The number of ether oxygens (including phenoxy) is 2. The molecule has 0 aromatic rings. The molecule has 0 aromatic heterocycles. The summed E-state index contributed by atoms with van der Waals surface area (Å²) in [5.74, 6) is -0.622. The van der Waals surface area contributed by atoms with Crippen molar-refractivity contribution >= 4 is 11.9 Å². The molecule has 0 heterocycles. The Bertz CT molecular complexity index is 884. The average molecular weight is 699 g/mol. The van der Waals surface area contributed by atoms with Gasteiger partial charge >= 0.3 is 11.9 Å². The van der Waals surface area contributed by atoms with Crippen molar-refractivity contribution in [3.05, 3.63) is 60.8 Å². The van der Waals surface area contributed by atoms with E-state index in [-0.39, 0.29) is 25.2 Å². The van der Waals surface area contributed by atoms with Crippen LogP contribution in [0.3, 0.4) is 0 Å². The Morgan fingerprint density at radius 2 is 0.800 bits per heavy atom. The fourth-order valence-electron chi connectivity index (χ4n) is 5.59. The van der Waals surface area contributed by atoms with E-state index in [1.165, 1.54) is 96.3 Å². The monoisotopic (exact) mass is 699 g/mol. The summed E-state index contributed by atoms with van der Waals surface area (Å²) in [6.45, 7) is 4.06. The second-order valence-electron chi connectivity index (χ2n) is 13.7. The number of aliphatic hydroxyl groups excluding tert-OH is 1. The molecule has 0 bridgehead atoms. The number of hydrogen-bond acceptors (Lipinski definition) is 5. The van der Waals surface area contributed by atoms with E-state index in [0.29, 0.717) is 12.8 Å². The summed E-state index contributed by atoms with van der Waals surface area (Å²) >= 11 is 0. The van der Waals surface area contributed by atoms with Gasteiger partial charge < -0.3 is 14.6 Å². The van der Waals surface area contributed by atoms with E-state index in [1.54, 1.807) is 0 Å². The van der Waals surface area contributed by atoms with Crippen molar-refractivity contribution in [2.24, 2.45) is 0 Å². The highest BCUT2D eigenvalue weighted by atomic mass is 16.6. The summed E-state index contributed by atoms with van der Waals surface area (Å²) in [7, 11) is 0. The number of carbonyl (C=O) groups excluding carboxylic acids is 2. The van der Waals surface area contributed by atoms with Crippen LogP contribution in [0.1, 0.15) is 194 Å². The quantitative estimate of drug-likeness (QED) is 0.0397. The molecule has 288 valence electrons. The van der Waals surface area contributed by atoms with Gasteiger partial charge in [-0.1, -0.05) is 158 Å². The number of esters is 2. The maximum atomic E-state index is 12.2. The van der Waals surface area contributed by atoms with Crippen molar-refractivity contribution in [3.63, 3.8) is 0 Å². The van der Waals surface area contributed by atoms with E-state index in [0.717, 1.165) is 70.6 Å². The van der Waals surface area contributed by atoms with Crippen molar-refractivity contribution < 1.29 is 24.2 Å². The Balaban J connectivity index is 3.60. The second kappa shape index (κ2) is 41.0. The molecule has 0 saturated heterocycles. The number of aliphatic hydroxyl groups is 1. The lowest BCUT2D eigenvalue weighted by atomic mass is 10.1. The summed E-state index contributed by atoms with van der Waals surface area (Å²) < 4.78 is 10.6. The normalized spacial score (nSPS) is 12.8. The molecular formula is C45H78O5. The third-order valence-corrected chi connectivity index (χ3v) is 8.78. The molecule has 5 nitrogen and oxygen atoms in total. The van der Waals surface area contributed by atoms with Gasteiger partial charge in [0.2, 0.25) is 0 Å². The zero-order valence-electron chi connectivity index (χ0n) is 32.6. The minimum atomic E-state index is -0.784. The molecule has 0 rings (SSSR count). The highest BCUT2D eigenvalue weighted by Crippen LogP contribution is 2.13. The van der Waals surface area contributed by atoms with Crippen molar-refractivity contribution in [2.45, 2.75) is 200 Å². The van der Waals surface area contributed by atoms with Crippen LogP contribution in [0.25, 0.3) is 0 Å². The molecule has 0 aliphatic carbocycles. The summed E-state index contributed by atoms with van der Waals surface area (Å²) in [6.07, 6.45) is 52.8. The van der Waals surface area contributed by atoms with Gasteiger partial charge in [-0.05, 0) is 83.5 Å². The van der Waals surface area contributed by atoms with E-state index in [2.05, 4.69) is 74.6 Å². The van der Waals surface area contributed by atoms with E-state index < -0.39 is 6.10 Å². The van der Waals surface area contributed by atoms with E-state index >= 15 is 0 Å². The van der Waals surface area contributed by atoms with E-state index in [4.69, 9.17) is 9.47 Å². The van der Waals surface area contributed by atoms with Crippen LogP contribution in [0, 0.1) is 0 Å². The maximum Gasteiger partial charge on any atom is 0.306 e. The standard InChI is InChI=1S/C45H78O5/c1-3-5-7-9-11-13-15-17-19-21-22-24-26-28-30-32-34-36-38-40-45(48)50-43(41-46)42-49-44(47)39-37-35-33-31-29-27-25-23-20-18-16-14-12-10-8-6-4-2/h11-14,17-20,25,27,43,46H,3-10,15-16,21-24,26,28-42H2,1-2H3/b13-11+,14-12+,19-17+,20-18+,27-25+/t43-/m0/s1. The summed E-state index contributed by atoms with van der Waals surface area (Å²) in [4.78, 5) is 24.3. The Morgan fingerprint density at radius 1 is 0.460 bits per heavy atom. The molecule has 0 aliphatic rings. The van der Waals surface area contributed by atoms with Gasteiger partial charge in [-0.25, -0.2) is 0 Å². The Kier molecular flexibility index (Phi) is 39.1. The molecule has 0 amide bonds. The lowest BCUT2D eigenvalue weighted by Crippen LogP contribution is -2.28. The second-order valence-corrected chi connectivity index (χ2v) is 13.7. The lowest BCUT2D eigenvalue weighted by Gasteiger charge is -2.15. The van der Waals surface area contributed by atoms with Gasteiger partial charge in [0, 0.05) is 12.8 Å². The van der Waals surface area contributed by atoms with Crippen LogP contribution < -0.4 is 0 Å². The summed E-state index contributed by atoms with van der Waals surface area (Å²) in [5, 5.41) is 9.57. The van der Waals surface area contributed by atoms with Crippen LogP contribution in [0.2, 0.25) is 0 Å². The van der Waals surface area contributed by atoms with Gasteiger partial charge in [-0.15, -0.1) is 0 Å².